The maximum absolute atomic E-state index is 11.8. The number of carbonyl (C=O) groups is 1. The van der Waals surface area contributed by atoms with Gasteiger partial charge in [-0.1, -0.05) is 24.3 Å². The Balaban J connectivity index is 2.10. The van der Waals surface area contributed by atoms with E-state index in [1.54, 1.807) is 18.2 Å². The number of nitrogens with zero attached hydrogens (tertiary/aromatic N) is 1. The Morgan fingerprint density at radius 3 is 2.56 bits per heavy atom. The summed E-state index contributed by atoms with van der Waals surface area (Å²) in [7, 11) is 0. The third kappa shape index (κ3) is 5.04. The molecule has 0 spiro atoms. The van der Waals surface area contributed by atoms with Gasteiger partial charge in [0.15, 0.2) is 5.75 Å². The first-order chi connectivity index (χ1) is 11.9. The minimum absolute atomic E-state index is 0.00496. The summed E-state index contributed by atoms with van der Waals surface area (Å²) in [5.74, 6) is -0.162. The first-order valence-electron chi connectivity index (χ1n) is 7.05. The van der Waals surface area contributed by atoms with Gasteiger partial charge in [0.25, 0.3) is 5.69 Å². The molecule has 8 heteroatoms. The molecule has 2 rings (SSSR count). The number of hydrogen-bond donors (Lipinski definition) is 0. The lowest BCUT2D eigenvalue weighted by Gasteiger charge is -2.12. The number of hydrogen-bond acceptors (Lipinski definition) is 5. The molecule has 0 aromatic heterocycles. The molecule has 0 saturated heterocycles. The molecule has 2 aromatic carbocycles. The summed E-state index contributed by atoms with van der Waals surface area (Å²) >= 11 is 9.49. The fraction of sp³-hybridized carbons (Fsp3) is 0.118. The molecule has 0 radical (unpaired) electrons. The van der Waals surface area contributed by atoms with Crippen molar-refractivity contribution in [3.63, 3.8) is 0 Å². The van der Waals surface area contributed by atoms with Crippen LogP contribution in [0.1, 0.15) is 15.9 Å². The number of benzene rings is 2. The van der Waals surface area contributed by atoms with Gasteiger partial charge >= 0.3 is 5.97 Å². The molecule has 0 aliphatic carbocycles. The minimum Gasteiger partial charge on any atom is -0.486 e. The molecule has 2 aromatic rings. The SMILES string of the molecule is C=CCOC(=O)c1cc(Cl)c(OCc2ccc([N+](=O)[O-])cc2)c(Br)c1. The Morgan fingerprint density at radius 2 is 2.00 bits per heavy atom. The lowest BCUT2D eigenvalue weighted by molar-refractivity contribution is -0.384. The number of nitro groups is 1. The molecule has 0 atom stereocenters. The number of rotatable bonds is 7. The number of carbonyl (C=O) groups excluding carboxylic acids is 1. The predicted molar refractivity (Wildman–Crippen MR) is 97.1 cm³/mol. The van der Waals surface area contributed by atoms with E-state index in [0.29, 0.717) is 10.2 Å². The van der Waals surface area contributed by atoms with E-state index in [1.165, 1.54) is 24.3 Å². The zero-order chi connectivity index (χ0) is 18.4. The van der Waals surface area contributed by atoms with Crippen LogP contribution in [0, 0.1) is 10.1 Å². The summed E-state index contributed by atoms with van der Waals surface area (Å²) in [4.78, 5) is 22.0. The molecule has 130 valence electrons. The Labute approximate surface area is 157 Å². The van der Waals surface area contributed by atoms with Crippen molar-refractivity contribution in [3.8, 4) is 5.75 Å². The van der Waals surface area contributed by atoms with E-state index in [0.717, 1.165) is 5.56 Å². The maximum atomic E-state index is 11.8. The molecular weight excluding hydrogens is 414 g/mol. The number of ether oxygens (including phenoxy) is 2. The maximum Gasteiger partial charge on any atom is 0.338 e. The zero-order valence-electron chi connectivity index (χ0n) is 12.9. The Kier molecular flexibility index (Phi) is 6.55. The minimum atomic E-state index is -0.524. The number of halogens is 2. The topological polar surface area (TPSA) is 78.7 Å². The van der Waals surface area contributed by atoms with E-state index in [2.05, 4.69) is 22.5 Å². The molecule has 0 saturated carbocycles. The Morgan fingerprint density at radius 1 is 1.32 bits per heavy atom. The van der Waals surface area contributed by atoms with E-state index in [1.807, 2.05) is 0 Å². The first kappa shape index (κ1) is 19.0. The lowest BCUT2D eigenvalue weighted by atomic mass is 10.2. The molecule has 0 heterocycles. The van der Waals surface area contributed by atoms with Crippen LogP contribution < -0.4 is 4.74 Å². The third-order valence-electron chi connectivity index (χ3n) is 3.10. The summed E-state index contributed by atoms with van der Waals surface area (Å²) in [6, 6.07) is 8.98. The average Bonchev–Trinajstić information content (AvgIpc) is 2.59. The molecular formula is C17H13BrClNO5. The van der Waals surface area contributed by atoms with Crippen LogP contribution in [0.3, 0.4) is 0 Å². The smallest absolute Gasteiger partial charge is 0.338 e. The quantitative estimate of drug-likeness (QED) is 0.271. The number of esters is 1. The summed E-state index contributed by atoms with van der Waals surface area (Å²) in [5, 5.41) is 10.9. The molecule has 0 aliphatic heterocycles. The van der Waals surface area contributed by atoms with Gasteiger partial charge in [0, 0.05) is 12.1 Å². The normalized spacial score (nSPS) is 10.2. The largest absolute Gasteiger partial charge is 0.486 e. The fourth-order valence-corrected chi connectivity index (χ4v) is 2.87. The summed E-state index contributed by atoms with van der Waals surface area (Å²) in [6.07, 6.45) is 1.47. The van der Waals surface area contributed by atoms with E-state index in [9.17, 15) is 14.9 Å². The van der Waals surface area contributed by atoms with Crippen molar-refractivity contribution in [2.75, 3.05) is 6.61 Å². The highest BCUT2D eigenvalue weighted by Crippen LogP contribution is 2.35. The molecule has 25 heavy (non-hydrogen) atoms. The van der Waals surface area contributed by atoms with Crippen LogP contribution in [0.2, 0.25) is 5.02 Å². The molecule has 0 fully saturated rings. The fourth-order valence-electron chi connectivity index (χ4n) is 1.90. The highest BCUT2D eigenvalue weighted by Gasteiger charge is 2.15. The van der Waals surface area contributed by atoms with Crippen molar-refractivity contribution in [2.24, 2.45) is 0 Å². The van der Waals surface area contributed by atoms with E-state index >= 15 is 0 Å². The second kappa shape index (κ2) is 8.64. The molecule has 0 N–H and O–H groups in total. The van der Waals surface area contributed by atoms with Crippen molar-refractivity contribution < 1.29 is 19.2 Å². The van der Waals surface area contributed by atoms with Crippen molar-refractivity contribution in [2.45, 2.75) is 6.61 Å². The van der Waals surface area contributed by atoms with Gasteiger partial charge in [0.2, 0.25) is 0 Å². The summed E-state index contributed by atoms with van der Waals surface area (Å²) in [5.41, 5.74) is 1.02. The highest BCUT2D eigenvalue weighted by atomic mass is 79.9. The zero-order valence-corrected chi connectivity index (χ0v) is 15.2. The highest BCUT2D eigenvalue weighted by molar-refractivity contribution is 9.10. The van der Waals surface area contributed by atoms with Gasteiger partial charge in [-0.2, -0.15) is 0 Å². The second-order valence-electron chi connectivity index (χ2n) is 4.87. The van der Waals surface area contributed by atoms with Gasteiger partial charge < -0.3 is 9.47 Å². The number of non-ortho nitro benzene ring substituents is 1. The van der Waals surface area contributed by atoms with Crippen molar-refractivity contribution >= 4 is 39.2 Å². The first-order valence-corrected chi connectivity index (χ1v) is 8.22. The Bertz CT molecular complexity index is 784. The van der Waals surface area contributed by atoms with E-state index in [4.69, 9.17) is 21.1 Å². The number of nitro benzene ring substituents is 1. The van der Waals surface area contributed by atoms with Crippen LogP contribution in [-0.4, -0.2) is 17.5 Å². The predicted octanol–water partition coefficient (Wildman–Crippen LogP) is 4.93. The molecule has 0 bridgehead atoms. The van der Waals surface area contributed by atoms with Crippen molar-refractivity contribution in [3.05, 3.63) is 79.8 Å². The van der Waals surface area contributed by atoms with Gasteiger partial charge in [0.1, 0.15) is 13.2 Å². The molecule has 6 nitrogen and oxygen atoms in total. The lowest BCUT2D eigenvalue weighted by Crippen LogP contribution is -2.06. The van der Waals surface area contributed by atoms with Crippen LogP contribution in [0.5, 0.6) is 5.75 Å². The monoisotopic (exact) mass is 425 g/mol. The third-order valence-corrected chi connectivity index (χ3v) is 3.97. The molecule has 0 amide bonds. The molecule has 0 unspecified atom stereocenters. The summed E-state index contributed by atoms with van der Waals surface area (Å²) < 4.78 is 11.1. The van der Waals surface area contributed by atoms with E-state index < -0.39 is 10.9 Å². The van der Waals surface area contributed by atoms with Gasteiger partial charge in [-0.25, -0.2) is 4.79 Å². The van der Waals surface area contributed by atoms with Crippen LogP contribution >= 0.6 is 27.5 Å². The Hall–Kier alpha value is -2.38. The van der Waals surface area contributed by atoms with Crippen LogP contribution in [0.15, 0.2) is 53.5 Å². The second-order valence-corrected chi connectivity index (χ2v) is 6.13. The average molecular weight is 427 g/mol. The van der Waals surface area contributed by atoms with Crippen molar-refractivity contribution in [1.29, 1.82) is 0 Å². The summed E-state index contributed by atoms with van der Waals surface area (Å²) in [6.45, 7) is 3.74. The van der Waals surface area contributed by atoms with Gasteiger partial charge in [-0.3, -0.25) is 10.1 Å². The van der Waals surface area contributed by atoms with Crippen molar-refractivity contribution in [1.82, 2.24) is 0 Å². The van der Waals surface area contributed by atoms with Gasteiger partial charge in [-0.15, -0.1) is 0 Å². The van der Waals surface area contributed by atoms with Crippen LogP contribution in [-0.2, 0) is 11.3 Å². The standard InChI is InChI=1S/C17H13BrClNO5/c1-2-7-24-17(21)12-8-14(18)16(15(19)9-12)25-10-11-3-5-13(6-4-11)20(22)23/h2-6,8-9H,1,7,10H2. The van der Waals surface area contributed by atoms with Crippen LogP contribution in [0.25, 0.3) is 0 Å². The van der Waals surface area contributed by atoms with Gasteiger partial charge in [0.05, 0.1) is 20.0 Å². The van der Waals surface area contributed by atoms with Gasteiger partial charge in [-0.05, 0) is 45.8 Å². The molecule has 0 aliphatic rings. The van der Waals surface area contributed by atoms with E-state index in [-0.39, 0.29) is 29.5 Å². The van der Waals surface area contributed by atoms with Crippen LogP contribution in [0.4, 0.5) is 5.69 Å².